The highest BCUT2D eigenvalue weighted by molar-refractivity contribution is 5.73. The summed E-state index contributed by atoms with van der Waals surface area (Å²) < 4.78 is 10.7. The first-order valence-corrected chi connectivity index (χ1v) is 12.7. The highest BCUT2D eigenvalue weighted by Gasteiger charge is 2.20. The maximum atomic E-state index is 12.7. The molecule has 0 aliphatic carbocycles. The molecule has 0 radical (unpaired) electrons. The summed E-state index contributed by atoms with van der Waals surface area (Å²) in [4.78, 5) is 36.6. The molecule has 0 unspecified atom stereocenters. The molecule has 0 saturated heterocycles. The van der Waals surface area contributed by atoms with Crippen LogP contribution < -0.4 is 16.0 Å². The number of alkyl carbamates (subject to hydrolysis) is 2. The van der Waals surface area contributed by atoms with Gasteiger partial charge in [0, 0.05) is 6.92 Å². The Balaban J connectivity index is 1.96. The predicted octanol–water partition coefficient (Wildman–Crippen LogP) is 2.91. The van der Waals surface area contributed by atoms with Gasteiger partial charge in [0.15, 0.2) is 0 Å². The highest BCUT2D eigenvalue weighted by Crippen LogP contribution is 2.12. The number of phenols is 1. The Morgan fingerprint density at radius 1 is 0.763 bits per heavy atom. The normalized spacial score (nSPS) is 13.2. The summed E-state index contributed by atoms with van der Waals surface area (Å²) in [6, 6.07) is 14.5. The minimum Gasteiger partial charge on any atom is -0.508 e. The van der Waals surface area contributed by atoms with E-state index in [4.69, 9.17) is 9.47 Å². The number of aliphatic hydroxyl groups excluding tert-OH is 1. The molecule has 0 aliphatic heterocycles. The van der Waals surface area contributed by atoms with Crippen molar-refractivity contribution in [2.75, 3.05) is 19.8 Å². The monoisotopic (exact) mass is 529 g/mol. The number of ether oxygens (including phenoxy) is 2. The average Bonchev–Trinajstić information content (AvgIpc) is 2.87. The van der Waals surface area contributed by atoms with E-state index in [1.807, 2.05) is 44.2 Å². The zero-order chi connectivity index (χ0) is 27.9. The summed E-state index contributed by atoms with van der Waals surface area (Å²) in [5.74, 6) is 0.149. The number of nitrogens with one attached hydrogen (secondary N) is 3. The van der Waals surface area contributed by atoms with Crippen molar-refractivity contribution in [2.24, 2.45) is 5.92 Å². The van der Waals surface area contributed by atoms with Crippen LogP contribution in [-0.2, 0) is 27.1 Å². The Hall–Kier alpha value is -3.79. The molecule has 0 spiro atoms. The van der Waals surface area contributed by atoms with E-state index in [1.54, 1.807) is 24.3 Å². The van der Waals surface area contributed by atoms with Gasteiger partial charge in [-0.2, -0.15) is 0 Å². The summed E-state index contributed by atoms with van der Waals surface area (Å²) in [7, 11) is 0. The van der Waals surface area contributed by atoms with E-state index < -0.39 is 30.3 Å². The van der Waals surface area contributed by atoms with Crippen LogP contribution in [0.5, 0.6) is 5.75 Å². The average molecular weight is 530 g/mol. The molecule has 0 bridgehead atoms. The minimum absolute atomic E-state index is 0.0843. The Morgan fingerprint density at radius 3 is 1.76 bits per heavy atom. The molecular formula is C28H39N3O7. The number of carbonyl (C=O) groups excluding carboxylic acids is 3. The van der Waals surface area contributed by atoms with Crippen LogP contribution in [-0.4, -0.2) is 66.3 Å². The smallest absolute Gasteiger partial charge is 0.407 e. The van der Waals surface area contributed by atoms with Crippen molar-refractivity contribution < 1.29 is 34.1 Å². The molecule has 10 nitrogen and oxygen atoms in total. The first-order valence-electron chi connectivity index (χ1n) is 12.7. The molecule has 10 heteroatoms. The van der Waals surface area contributed by atoms with Crippen molar-refractivity contribution in [3.05, 3.63) is 65.7 Å². The summed E-state index contributed by atoms with van der Waals surface area (Å²) in [6.07, 6.45) is -0.0156. The molecular weight excluding hydrogens is 490 g/mol. The van der Waals surface area contributed by atoms with Crippen LogP contribution in [0.15, 0.2) is 54.6 Å². The minimum atomic E-state index is -0.718. The van der Waals surface area contributed by atoms with Gasteiger partial charge in [0.25, 0.3) is 0 Å². The number of aromatic hydroxyl groups is 1. The second kappa shape index (κ2) is 16.1. The van der Waals surface area contributed by atoms with Crippen molar-refractivity contribution in [3.63, 3.8) is 0 Å². The number of amides is 3. The Morgan fingerprint density at radius 2 is 1.26 bits per heavy atom. The number of aliphatic hydroxyl groups is 1. The van der Waals surface area contributed by atoms with Crippen LogP contribution in [0.4, 0.5) is 9.59 Å². The molecule has 2 aromatic rings. The van der Waals surface area contributed by atoms with Crippen LogP contribution in [0.2, 0.25) is 0 Å². The second-order valence-corrected chi connectivity index (χ2v) is 9.65. The van der Waals surface area contributed by atoms with Gasteiger partial charge >= 0.3 is 12.2 Å². The lowest BCUT2D eigenvalue weighted by Crippen LogP contribution is -2.45. The van der Waals surface area contributed by atoms with E-state index >= 15 is 0 Å². The van der Waals surface area contributed by atoms with Crippen molar-refractivity contribution >= 4 is 18.1 Å². The summed E-state index contributed by atoms with van der Waals surface area (Å²) in [5, 5.41) is 27.1. The molecule has 0 aromatic heterocycles. The van der Waals surface area contributed by atoms with Crippen molar-refractivity contribution in [1.29, 1.82) is 0 Å². The van der Waals surface area contributed by atoms with Crippen LogP contribution in [0, 0.1) is 5.92 Å². The van der Waals surface area contributed by atoms with Gasteiger partial charge in [-0.15, -0.1) is 0 Å². The molecule has 0 aliphatic rings. The number of rotatable bonds is 14. The SMILES string of the molecule is CC(=O)N[C@H](COC(=O)N[C@H](COC(=O)N[C@H](CO)CC(C)C)Cc1ccccc1)Cc1ccc(O)cc1. The second-order valence-electron chi connectivity index (χ2n) is 9.65. The van der Waals surface area contributed by atoms with Gasteiger partial charge in [-0.05, 0) is 48.4 Å². The number of carbonyl (C=O) groups is 3. The van der Waals surface area contributed by atoms with E-state index in [0.717, 1.165) is 11.1 Å². The molecule has 208 valence electrons. The van der Waals surface area contributed by atoms with Gasteiger partial charge in [-0.1, -0.05) is 56.3 Å². The largest absolute Gasteiger partial charge is 0.508 e. The van der Waals surface area contributed by atoms with Crippen molar-refractivity contribution in [2.45, 2.75) is 58.2 Å². The lowest BCUT2D eigenvalue weighted by Gasteiger charge is -2.22. The van der Waals surface area contributed by atoms with Gasteiger partial charge in [-0.25, -0.2) is 9.59 Å². The quantitative estimate of drug-likeness (QED) is 0.253. The van der Waals surface area contributed by atoms with Gasteiger partial charge in [0.2, 0.25) is 5.91 Å². The molecule has 0 fully saturated rings. The Labute approximate surface area is 223 Å². The first-order chi connectivity index (χ1) is 18.1. The third kappa shape index (κ3) is 12.4. The Bertz CT molecular complexity index is 999. The lowest BCUT2D eigenvalue weighted by atomic mass is 10.0. The van der Waals surface area contributed by atoms with E-state index in [2.05, 4.69) is 16.0 Å². The van der Waals surface area contributed by atoms with Crippen molar-refractivity contribution in [1.82, 2.24) is 16.0 Å². The third-order valence-corrected chi connectivity index (χ3v) is 5.60. The van der Waals surface area contributed by atoms with Crippen LogP contribution >= 0.6 is 0 Å². The standard InChI is InChI=1S/C28H39N3O7/c1-19(2)13-23(16-32)30-27(35)38-18-25(14-21-7-5-4-6-8-21)31-28(36)37-17-24(29-20(3)33)15-22-9-11-26(34)12-10-22/h4-12,19,23-25,32,34H,13-18H2,1-3H3,(H,29,33)(H,30,35)(H,31,36)/t23-,24-,25-/m0/s1. The van der Waals surface area contributed by atoms with Crippen molar-refractivity contribution in [3.8, 4) is 5.75 Å². The summed E-state index contributed by atoms with van der Waals surface area (Å²) in [5.41, 5.74) is 1.78. The topological polar surface area (TPSA) is 146 Å². The number of benzene rings is 2. The van der Waals surface area contributed by atoms with Crippen LogP contribution in [0.3, 0.4) is 0 Å². The fraction of sp³-hybridized carbons (Fsp3) is 0.464. The number of hydrogen-bond acceptors (Lipinski definition) is 7. The molecule has 5 N–H and O–H groups in total. The van der Waals surface area contributed by atoms with Gasteiger partial charge in [-0.3, -0.25) is 4.79 Å². The molecule has 0 saturated carbocycles. The molecule has 3 atom stereocenters. The van der Waals surface area contributed by atoms with Gasteiger partial charge < -0.3 is 35.6 Å². The molecule has 2 rings (SSSR count). The fourth-order valence-electron chi connectivity index (χ4n) is 3.92. The van der Waals surface area contributed by atoms with Gasteiger partial charge in [0.05, 0.1) is 24.7 Å². The predicted molar refractivity (Wildman–Crippen MR) is 143 cm³/mol. The van der Waals surface area contributed by atoms with E-state index in [9.17, 15) is 24.6 Å². The zero-order valence-corrected chi connectivity index (χ0v) is 22.2. The van der Waals surface area contributed by atoms with Crippen LogP contribution in [0.1, 0.15) is 38.3 Å². The number of hydrogen-bond donors (Lipinski definition) is 5. The van der Waals surface area contributed by atoms with E-state index in [1.165, 1.54) is 6.92 Å². The maximum absolute atomic E-state index is 12.7. The Kier molecular flexibility index (Phi) is 12.9. The van der Waals surface area contributed by atoms with E-state index in [-0.39, 0.29) is 37.4 Å². The molecule has 38 heavy (non-hydrogen) atoms. The summed E-state index contributed by atoms with van der Waals surface area (Å²) >= 11 is 0. The molecule has 3 amide bonds. The fourth-order valence-corrected chi connectivity index (χ4v) is 3.92. The molecule has 2 aromatic carbocycles. The first kappa shape index (κ1) is 30.4. The van der Waals surface area contributed by atoms with Gasteiger partial charge in [0.1, 0.15) is 19.0 Å². The zero-order valence-electron chi connectivity index (χ0n) is 22.2. The third-order valence-electron chi connectivity index (χ3n) is 5.60. The summed E-state index contributed by atoms with van der Waals surface area (Å²) in [6.45, 7) is 4.96. The molecule has 0 heterocycles. The maximum Gasteiger partial charge on any atom is 0.407 e. The highest BCUT2D eigenvalue weighted by atomic mass is 16.6. The van der Waals surface area contributed by atoms with Crippen LogP contribution in [0.25, 0.3) is 0 Å². The van der Waals surface area contributed by atoms with E-state index in [0.29, 0.717) is 19.3 Å². The lowest BCUT2D eigenvalue weighted by molar-refractivity contribution is -0.120. The number of phenolic OH excluding ortho intramolecular Hbond substituents is 1.